The molecule has 3 heterocycles. The molecule has 0 radical (unpaired) electrons. The molecule has 0 fully saturated rings. The highest BCUT2D eigenvalue weighted by Gasteiger charge is 2.31. The zero-order valence-electron chi connectivity index (χ0n) is 28.2. The van der Waals surface area contributed by atoms with Gasteiger partial charge < -0.3 is 24.8 Å². The fraction of sp³-hybridized carbons (Fsp3) is 0.244. The Labute approximate surface area is 296 Å². The van der Waals surface area contributed by atoms with Crippen LogP contribution in [0.15, 0.2) is 97.2 Å². The van der Waals surface area contributed by atoms with Crippen molar-refractivity contribution in [3.63, 3.8) is 0 Å². The van der Waals surface area contributed by atoms with E-state index >= 15 is 0 Å². The lowest BCUT2D eigenvalue weighted by Crippen LogP contribution is -2.53. The van der Waals surface area contributed by atoms with Crippen LogP contribution in [0.4, 0.5) is 0 Å². The predicted molar refractivity (Wildman–Crippen MR) is 193 cm³/mol. The van der Waals surface area contributed by atoms with Crippen LogP contribution < -0.4 is 20.1 Å². The quantitative estimate of drug-likeness (QED) is 0.168. The number of benzene rings is 4. The highest BCUT2D eigenvalue weighted by atomic mass is 35.5. The number of nitrogens with one attached hydrogen (secondary N) is 2. The van der Waals surface area contributed by atoms with Crippen molar-refractivity contribution in [2.75, 3.05) is 13.7 Å². The van der Waals surface area contributed by atoms with E-state index in [2.05, 4.69) is 46.8 Å². The monoisotopic (exact) mass is 687 g/mol. The van der Waals surface area contributed by atoms with Crippen LogP contribution in [0.2, 0.25) is 5.02 Å². The molecule has 1 aromatic heterocycles. The van der Waals surface area contributed by atoms with E-state index < -0.39 is 18.1 Å². The number of amides is 1. The van der Waals surface area contributed by atoms with E-state index in [0.717, 1.165) is 55.8 Å². The van der Waals surface area contributed by atoms with Gasteiger partial charge in [-0.3, -0.25) is 9.78 Å². The van der Waals surface area contributed by atoms with Gasteiger partial charge in [-0.1, -0.05) is 72.3 Å². The summed E-state index contributed by atoms with van der Waals surface area (Å²) in [5.41, 5.74) is 10.4. The van der Waals surface area contributed by atoms with Crippen molar-refractivity contribution in [1.29, 1.82) is 0 Å². The molecule has 3 atom stereocenters. The second kappa shape index (κ2) is 14.4. The number of hydrogen-bond acceptors (Lipinski definition) is 7. The largest absolute Gasteiger partial charge is 0.485 e. The highest BCUT2D eigenvalue weighted by molar-refractivity contribution is 6.30. The van der Waals surface area contributed by atoms with E-state index in [1.807, 2.05) is 79.9 Å². The van der Waals surface area contributed by atoms with Gasteiger partial charge in [-0.15, -0.1) is 0 Å². The smallest absolute Gasteiger partial charge is 0.328 e. The molecule has 0 saturated heterocycles. The van der Waals surface area contributed by atoms with Gasteiger partial charge in [0.05, 0.1) is 13.2 Å². The first-order chi connectivity index (χ1) is 24.2. The lowest BCUT2D eigenvalue weighted by atomic mass is 9.94. The molecule has 0 bridgehead atoms. The van der Waals surface area contributed by atoms with E-state index in [0.29, 0.717) is 42.5 Å². The summed E-state index contributed by atoms with van der Waals surface area (Å²) >= 11 is 6.18. The average Bonchev–Trinajstić information content (AvgIpc) is 3.14. The number of fused-ring (bicyclic) bond motifs is 2. The fourth-order valence-electron chi connectivity index (χ4n) is 6.61. The number of carbonyl (C=O) groups is 2. The minimum Gasteiger partial charge on any atom is -0.485 e. The number of rotatable bonds is 8. The molecule has 4 aromatic carbocycles. The molecule has 2 N–H and O–H groups in total. The molecule has 50 heavy (non-hydrogen) atoms. The predicted octanol–water partition coefficient (Wildman–Crippen LogP) is 7.11. The van der Waals surface area contributed by atoms with Crippen LogP contribution in [0.5, 0.6) is 11.5 Å². The normalized spacial score (nSPS) is 17.0. The Morgan fingerprint density at radius 2 is 1.70 bits per heavy atom. The average molecular weight is 688 g/mol. The summed E-state index contributed by atoms with van der Waals surface area (Å²) in [6.45, 7) is 4.89. The minimum atomic E-state index is -0.830. The molecule has 9 heteroatoms. The highest BCUT2D eigenvalue weighted by Crippen LogP contribution is 2.40. The molecule has 5 aromatic rings. The maximum Gasteiger partial charge on any atom is 0.328 e. The van der Waals surface area contributed by atoms with E-state index in [-0.39, 0.29) is 12.0 Å². The summed E-state index contributed by atoms with van der Waals surface area (Å²) in [4.78, 5) is 30.7. The number of carbonyl (C=O) groups excluding carboxylic acids is 2. The van der Waals surface area contributed by atoms with Crippen LogP contribution in [-0.4, -0.2) is 42.7 Å². The Kier molecular flexibility index (Phi) is 9.57. The number of esters is 1. The van der Waals surface area contributed by atoms with E-state index in [4.69, 9.17) is 25.8 Å². The first kappa shape index (κ1) is 33.3. The van der Waals surface area contributed by atoms with Crippen molar-refractivity contribution < 1.29 is 23.8 Å². The maximum absolute atomic E-state index is 13.5. The number of aromatic nitrogens is 1. The molecule has 254 valence electrons. The third-order valence-electron chi connectivity index (χ3n) is 9.61. The van der Waals surface area contributed by atoms with Crippen LogP contribution >= 0.6 is 11.6 Å². The summed E-state index contributed by atoms with van der Waals surface area (Å²) in [7, 11) is 1.33. The van der Waals surface area contributed by atoms with Crippen LogP contribution in [-0.2, 0) is 33.7 Å². The van der Waals surface area contributed by atoms with Crippen molar-refractivity contribution in [3.8, 4) is 33.8 Å². The van der Waals surface area contributed by atoms with Gasteiger partial charge in [0.2, 0.25) is 5.91 Å². The van der Waals surface area contributed by atoms with Crippen molar-refractivity contribution >= 4 is 23.5 Å². The molecule has 0 spiro atoms. The van der Waals surface area contributed by atoms with Gasteiger partial charge in [0.25, 0.3) is 0 Å². The first-order valence-corrected chi connectivity index (χ1v) is 17.1. The van der Waals surface area contributed by atoms with Crippen molar-refractivity contribution in [2.45, 2.75) is 51.4 Å². The standard InChI is InChI=1S/C41H38ClN3O5/c1-24-25(2)43-16-15-34(24)28-9-7-26(8-10-28)17-36(41(47)48-3)45-40(46)35-19-31-20-37-38(21-32(31)22-44-35)50-39(23-49-37)29-13-11-27(12-14-29)30-5-4-6-33(42)18-30/h4-16,18,20-21,35-36,39,44H,17,19,22-23H2,1-3H3,(H,45,46)/t35-,36?,39+/m0/s1. The topological polar surface area (TPSA) is 98.8 Å². The van der Waals surface area contributed by atoms with E-state index in [9.17, 15) is 9.59 Å². The molecule has 0 saturated carbocycles. The Balaban J connectivity index is 0.992. The second-order valence-corrected chi connectivity index (χ2v) is 13.2. The van der Waals surface area contributed by atoms with Crippen LogP contribution in [0.25, 0.3) is 22.3 Å². The van der Waals surface area contributed by atoms with Gasteiger partial charge in [-0.2, -0.15) is 0 Å². The minimum absolute atomic E-state index is 0.251. The van der Waals surface area contributed by atoms with Crippen LogP contribution in [0.1, 0.15) is 39.6 Å². The number of methoxy groups -OCH3 is 1. The number of pyridine rings is 1. The van der Waals surface area contributed by atoms with E-state index in [1.165, 1.54) is 7.11 Å². The van der Waals surface area contributed by atoms with Crippen LogP contribution in [0.3, 0.4) is 0 Å². The summed E-state index contributed by atoms with van der Waals surface area (Å²) in [5, 5.41) is 6.97. The maximum atomic E-state index is 13.5. The number of nitrogens with zero attached hydrogens (tertiary/aromatic N) is 1. The molecule has 8 nitrogen and oxygen atoms in total. The summed E-state index contributed by atoms with van der Waals surface area (Å²) in [5.74, 6) is 0.577. The SMILES string of the molecule is COC(=O)C(Cc1ccc(-c2ccnc(C)c2C)cc1)NC(=O)[C@@H]1Cc2cc3c(cc2CN1)O[C@@H](c1ccc(-c2cccc(Cl)c2)cc1)CO3. The number of aryl methyl sites for hydroxylation is 1. The first-order valence-electron chi connectivity index (χ1n) is 16.7. The zero-order valence-corrected chi connectivity index (χ0v) is 28.9. The Morgan fingerprint density at radius 1 is 0.940 bits per heavy atom. The van der Waals surface area contributed by atoms with Gasteiger partial charge in [0.1, 0.15) is 12.6 Å². The second-order valence-electron chi connectivity index (χ2n) is 12.8. The summed E-state index contributed by atoms with van der Waals surface area (Å²) < 4.78 is 17.7. The number of halogens is 1. The third kappa shape index (κ3) is 7.08. The Morgan fingerprint density at radius 3 is 2.46 bits per heavy atom. The molecule has 1 unspecified atom stereocenters. The molecule has 2 aliphatic rings. The van der Waals surface area contributed by atoms with Crippen molar-refractivity contribution in [1.82, 2.24) is 15.6 Å². The van der Waals surface area contributed by atoms with Crippen molar-refractivity contribution in [2.24, 2.45) is 0 Å². The van der Waals surface area contributed by atoms with Gasteiger partial charge in [-0.25, -0.2) is 4.79 Å². The van der Waals surface area contributed by atoms with Gasteiger partial charge >= 0.3 is 5.97 Å². The molecular weight excluding hydrogens is 650 g/mol. The lowest BCUT2D eigenvalue weighted by molar-refractivity contribution is -0.145. The molecule has 7 rings (SSSR count). The zero-order chi connectivity index (χ0) is 34.8. The number of hydrogen-bond donors (Lipinski definition) is 2. The molecule has 0 aliphatic carbocycles. The molecule has 2 aliphatic heterocycles. The molecule has 1 amide bonds. The van der Waals surface area contributed by atoms with Gasteiger partial charge in [0.15, 0.2) is 17.6 Å². The van der Waals surface area contributed by atoms with Gasteiger partial charge in [-0.05, 0) is 101 Å². The van der Waals surface area contributed by atoms with Crippen LogP contribution in [0, 0.1) is 13.8 Å². The fourth-order valence-corrected chi connectivity index (χ4v) is 6.80. The van der Waals surface area contributed by atoms with E-state index in [1.54, 1.807) is 0 Å². The Hall–Kier alpha value is -5.18. The number of ether oxygens (including phenoxy) is 3. The van der Waals surface area contributed by atoms with Gasteiger partial charge in [0, 0.05) is 29.9 Å². The Bertz CT molecular complexity index is 2050. The summed E-state index contributed by atoms with van der Waals surface area (Å²) in [6, 6.07) is 28.6. The molecular formula is C41H38ClN3O5. The van der Waals surface area contributed by atoms with Crippen molar-refractivity contribution in [3.05, 3.63) is 136 Å². The lowest BCUT2D eigenvalue weighted by Gasteiger charge is -2.31. The summed E-state index contributed by atoms with van der Waals surface area (Å²) in [6.07, 6.45) is 2.31. The third-order valence-corrected chi connectivity index (χ3v) is 9.84.